The number of aromatic nitrogens is 1. The Morgan fingerprint density at radius 2 is 2.12 bits per heavy atom. The molecule has 5 heteroatoms. The predicted octanol–water partition coefficient (Wildman–Crippen LogP) is 3.66. The van der Waals surface area contributed by atoms with Crippen LogP contribution in [0.2, 0.25) is 10.0 Å². The Morgan fingerprint density at radius 1 is 1.41 bits per heavy atom. The molecule has 2 rings (SSSR count). The Bertz CT molecular complexity index is 590. The largest absolute Gasteiger partial charge is 0.461 e. The first kappa shape index (κ1) is 12.3. The maximum absolute atomic E-state index is 11.7. The van der Waals surface area contributed by atoms with Crippen molar-refractivity contribution in [3.63, 3.8) is 0 Å². The van der Waals surface area contributed by atoms with E-state index in [1.54, 1.807) is 30.7 Å². The van der Waals surface area contributed by atoms with Crippen LogP contribution < -0.4 is 0 Å². The maximum Gasteiger partial charge on any atom is 0.354 e. The number of aryl methyl sites for hydroxylation is 1. The van der Waals surface area contributed by atoms with Crippen LogP contribution in [0.4, 0.5) is 0 Å². The lowest BCUT2D eigenvalue weighted by atomic mass is 10.2. The van der Waals surface area contributed by atoms with Crippen molar-refractivity contribution in [3.05, 3.63) is 33.9 Å². The molecule has 2 aromatic rings. The van der Waals surface area contributed by atoms with Gasteiger partial charge in [0.2, 0.25) is 0 Å². The third-order valence-corrected chi connectivity index (χ3v) is 3.37. The minimum Gasteiger partial charge on any atom is -0.461 e. The highest BCUT2D eigenvalue weighted by molar-refractivity contribution is 6.45. The second-order valence-electron chi connectivity index (χ2n) is 3.61. The van der Waals surface area contributed by atoms with Gasteiger partial charge in [0.25, 0.3) is 0 Å². The summed E-state index contributed by atoms with van der Waals surface area (Å²) in [4.78, 5) is 11.7. The van der Waals surface area contributed by atoms with E-state index < -0.39 is 0 Å². The zero-order valence-electron chi connectivity index (χ0n) is 9.46. The molecule has 0 bridgehead atoms. The first-order valence-electron chi connectivity index (χ1n) is 5.16. The summed E-state index contributed by atoms with van der Waals surface area (Å²) in [6, 6.07) is 5.28. The number of benzene rings is 1. The van der Waals surface area contributed by atoms with Gasteiger partial charge in [-0.1, -0.05) is 29.3 Å². The van der Waals surface area contributed by atoms with Crippen molar-refractivity contribution in [2.75, 3.05) is 6.61 Å². The quantitative estimate of drug-likeness (QED) is 0.781. The van der Waals surface area contributed by atoms with Crippen LogP contribution in [-0.2, 0) is 11.8 Å². The van der Waals surface area contributed by atoms with Crippen LogP contribution in [0.5, 0.6) is 0 Å². The third kappa shape index (κ3) is 2.01. The van der Waals surface area contributed by atoms with Crippen molar-refractivity contribution in [2.45, 2.75) is 6.92 Å². The number of esters is 1. The summed E-state index contributed by atoms with van der Waals surface area (Å²) in [5.41, 5.74) is 1.20. The molecule has 0 N–H and O–H groups in total. The number of fused-ring (bicyclic) bond motifs is 1. The van der Waals surface area contributed by atoms with Crippen LogP contribution >= 0.6 is 23.2 Å². The second kappa shape index (κ2) is 4.59. The Kier molecular flexibility index (Phi) is 3.31. The number of hydrogen-bond donors (Lipinski definition) is 0. The van der Waals surface area contributed by atoms with Crippen molar-refractivity contribution >= 4 is 40.1 Å². The second-order valence-corrected chi connectivity index (χ2v) is 4.39. The molecule has 3 nitrogen and oxygen atoms in total. The smallest absolute Gasteiger partial charge is 0.354 e. The zero-order chi connectivity index (χ0) is 12.6. The predicted molar refractivity (Wildman–Crippen MR) is 68.9 cm³/mol. The molecule has 0 aliphatic rings. The van der Waals surface area contributed by atoms with Gasteiger partial charge in [-0.15, -0.1) is 0 Å². The molecule has 0 unspecified atom stereocenters. The highest BCUT2D eigenvalue weighted by atomic mass is 35.5. The summed E-state index contributed by atoms with van der Waals surface area (Å²) in [6.07, 6.45) is 0. The van der Waals surface area contributed by atoms with Crippen molar-refractivity contribution in [1.82, 2.24) is 4.57 Å². The molecule has 0 radical (unpaired) electrons. The van der Waals surface area contributed by atoms with Crippen molar-refractivity contribution < 1.29 is 9.53 Å². The number of ether oxygens (including phenoxy) is 1. The van der Waals surface area contributed by atoms with E-state index in [1.165, 1.54) is 0 Å². The maximum atomic E-state index is 11.7. The summed E-state index contributed by atoms with van der Waals surface area (Å²) >= 11 is 12.1. The van der Waals surface area contributed by atoms with Crippen LogP contribution in [0.25, 0.3) is 10.9 Å². The molecule has 0 saturated heterocycles. The van der Waals surface area contributed by atoms with E-state index in [2.05, 4.69) is 0 Å². The molecule has 90 valence electrons. The molecule has 0 aliphatic carbocycles. The van der Waals surface area contributed by atoms with E-state index in [4.69, 9.17) is 27.9 Å². The molecular weight excluding hydrogens is 261 g/mol. The average molecular weight is 272 g/mol. The third-order valence-electron chi connectivity index (χ3n) is 2.57. The van der Waals surface area contributed by atoms with Gasteiger partial charge in [0, 0.05) is 12.4 Å². The fraction of sp³-hybridized carbons (Fsp3) is 0.250. The number of rotatable bonds is 2. The van der Waals surface area contributed by atoms with Crippen molar-refractivity contribution in [1.29, 1.82) is 0 Å². The lowest BCUT2D eigenvalue weighted by molar-refractivity contribution is 0.0516. The molecule has 1 heterocycles. The van der Waals surface area contributed by atoms with Crippen LogP contribution in [0.3, 0.4) is 0 Å². The van der Waals surface area contributed by atoms with E-state index in [9.17, 15) is 4.79 Å². The van der Waals surface area contributed by atoms with Crippen molar-refractivity contribution in [3.8, 4) is 0 Å². The monoisotopic (exact) mass is 271 g/mol. The normalized spacial score (nSPS) is 10.8. The summed E-state index contributed by atoms with van der Waals surface area (Å²) in [6.45, 7) is 2.11. The van der Waals surface area contributed by atoms with Gasteiger partial charge < -0.3 is 9.30 Å². The van der Waals surface area contributed by atoms with Crippen LogP contribution in [0.15, 0.2) is 18.2 Å². The van der Waals surface area contributed by atoms with E-state index in [0.29, 0.717) is 22.3 Å². The molecule has 0 atom stereocenters. The van der Waals surface area contributed by atoms with Crippen LogP contribution in [0, 0.1) is 0 Å². The summed E-state index contributed by atoms with van der Waals surface area (Å²) in [7, 11) is 1.76. The molecule has 0 saturated carbocycles. The van der Waals surface area contributed by atoms with E-state index in [0.717, 1.165) is 10.9 Å². The van der Waals surface area contributed by atoms with Crippen LogP contribution in [0.1, 0.15) is 17.4 Å². The minimum absolute atomic E-state index is 0.342. The van der Waals surface area contributed by atoms with Gasteiger partial charge >= 0.3 is 5.97 Å². The number of carbonyl (C=O) groups excluding carboxylic acids is 1. The molecular formula is C12H11Cl2NO2. The fourth-order valence-electron chi connectivity index (χ4n) is 1.78. The van der Waals surface area contributed by atoms with E-state index in [-0.39, 0.29) is 5.97 Å². The highest BCUT2D eigenvalue weighted by Crippen LogP contribution is 2.32. The summed E-state index contributed by atoms with van der Waals surface area (Å²) in [5.74, 6) is -0.363. The minimum atomic E-state index is -0.363. The molecule has 0 fully saturated rings. The molecule has 0 aliphatic heterocycles. The van der Waals surface area contributed by atoms with Crippen LogP contribution in [-0.4, -0.2) is 17.1 Å². The van der Waals surface area contributed by atoms with Gasteiger partial charge in [0.05, 0.1) is 22.2 Å². The van der Waals surface area contributed by atoms with Gasteiger partial charge in [0.1, 0.15) is 5.69 Å². The number of carbonyl (C=O) groups is 1. The lowest BCUT2D eigenvalue weighted by Gasteiger charge is -2.05. The first-order chi connectivity index (χ1) is 8.06. The zero-order valence-corrected chi connectivity index (χ0v) is 11.0. The van der Waals surface area contributed by atoms with Gasteiger partial charge in [-0.2, -0.15) is 0 Å². The topological polar surface area (TPSA) is 31.2 Å². The van der Waals surface area contributed by atoms with E-state index >= 15 is 0 Å². The number of nitrogens with zero attached hydrogens (tertiary/aromatic N) is 1. The molecule has 1 aromatic carbocycles. The summed E-state index contributed by atoms with van der Waals surface area (Å²) in [5, 5.41) is 1.78. The Balaban J connectivity index is 2.65. The SMILES string of the molecule is CCOC(=O)c1cc2ccc(Cl)c(Cl)c2n1C. The molecule has 0 amide bonds. The Hall–Kier alpha value is -1.19. The average Bonchev–Trinajstić information content (AvgIpc) is 2.62. The van der Waals surface area contributed by atoms with Gasteiger partial charge in [-0.3, -0.25) is 0 Å². The molecule has 0 spiro atoms. The van der Waals surface area contributed by atoms with Gasteiger partial charge in [-0.05, 0) is 19.1 Å². The molecule has 17 heavy (non-hydrogen) atoms. The standard InChI is InChI=1S/C12H11Cl2NO2/c1-3-17-12(16)9-6-7-4-5-8(13)10(14)11(7)15(9)2/h4-6H,3H2,1-2H3. The van der Waals surface area contributed by atoms with Crippen molar-refractivity contribution in [2.24, 2.45) is 7.05 Å². The Labute approximate surface area is 109 Å². The Morgan fingerprint density at radius 3 is 2.76 bits per heavy atom. The summed E-state index contributed by atoms with van der Waals surface area (Å²) < 4.78 is 6.67. The lowest BCUT2D eigenvalue weighted by Crippen LogP contribution is -2.09. The molecule has 1 aromatic heterocycles. The fourth-order valence-corrected chi connectivity index (χ4v) is 2.23. The number of hydrogen-bond acceptors (Lipinski definition) is 2. The van der Waals surface area contributed by atoms with E-state index in [1.807, 2.05) is 6.07 Å². The van der Waals surface area contributed by atoms with Gasteiger partial charge in [-0.25, -0.2) is 4.79 Å². The first-order valence-corrected chi connectivity index (χ1v) is 5.92. The van der Waals surface area contributed by atoms with Gasteiger partial charge in [0.15, 0.2) is 0 Å². The number of halogens is 2. The highest BCUT2D eigenvalue weighted by Gasteiger charge is 2.17.